The van der Waals surface area contributed by atoms with Gasteiger partial charge in [-0.05, 0) is 25.8 Å². The molecule has 2 rings (SSSR count). The Morgan fingerprint density at radius 2 is 2.32 bits per heavy atom. The third-order valence-electron chi connectivity index (χ3n) is 3.24. The van der Waals surface area contributed by atoms with Crippen molar-refractivity contribution in [1.29, 1.82) is 0 Å². The zero-order valence-electron chi connectivity index (χ0n) is 11.1. The van der Waals surface area contributed by atoms with Crippen molar-refractivity contribution in [3.63, 3.8) is 0 Å². The van der Waals surface area contributed by atoms with E-state index >= 15 is 0 Å². The average molecular weight is 266 g/mol. The summed E-state index contributed by atoms with van der Waals surface area (Å²) in [5.41, 5.74) is 0.721. The molecule has 0 bridgehead atoms. The summed E-state index contributed by atoms with van der Waals surface area (Å²) in [6.07, 6.45) is 1.97. The monoisotopic (exact) mass is 266 g/mol. The number of hydrogen-bond donors (Lipinski definition) is 1. The Labute approximate surface area is 111 Å². The van der Waals surface area contributed by atoms with E-state index < -0.39 is 4.92 Å². The number of rotatable bonds is 4. The Morgan fingerprint density at radius 3 is 2.95 bits per heavy atom. The van der Waals surface area contributed by atoms with E-state index in [1.165, 1.54) is 12.1 Å². The maximum Gasteiger partial charge on any atom is 0.271 e. The van der Waals surface area contributed by atoms with Gasteiger partial charge in [0.25, 0.3) is 5.69 Å². The van der Waals surface area contributed by atoms with Gasteiger partial charge in [-0.3, -0.25) is 10.1 Å². The SMILES string of the molecule is COc1ccc([N+](=O)[O-])cc1NC1CCOC(C)C1. The number of ether oxygens (including phenoxy) is 2. The Kier molecular flexibility index (Phi) is 4.21. The molecule has 0 aromatic heterocycles. The van der Waals surface area contributed by atoms with Crippen molar-refractivity contribution in [3.05, 3.63) is 28.3 Å². The molecular formula is C13H18N2O4. The molecule has 1 aromatic carbocycles. The molecule has 2 unspecified atom stereocenters. The van der Waals surface area contributed by atoms with Gasteiger partial charge >= 0.3 is 0 Å². The van der Waals surface area contributed by atoms with Crippen LogP contribution in [0.2, 0.25) is 0 Å². The number of nitro groups is 1. The second-order valence-corrected chi connectivity index (χ2v) is 4.69. The van der Waals surface area contributed by atoms with E-state index in [0.717, 1.165) is 12.8 Å². The second kappa shape index (κ2) is 5.88. The van der Waals surface area contributed by atoms with E-state index in [-0.39, 0.29) is 17.8 Å². The highest BCUT2D eigenvalue weighted by Gasteiger charge is 2.21. The van der Waals surface area contributed by atoms with Crippen LogP contribution in [0.3, 0.4) is 0 Å². The lowest BCUT2D eigenvalue weighted by atomic mass is 10.0. The van der Waals surface area contributed by atoms with Crippen LogP contribution < -0.4 is 10.1 Å². The molecule has 1 aromatic rings. The summed E-state index contributed by atoms with van der Waals surface area (Å²) in [6.45, 7) is 2.73. The van der Waals surface area contributed by atoms with E-state index in [9.17, 15) is 10.1 Å². The van der Waals surface area contributed by atoms with Crippen LogP contribution in [-0.4, -0.2) is 30.8 Å². The van der Waals surface area contributed by atoms with Crippen LogP contribution in [-0.2, 0) is 4.74 Å². The molecular weight excluding hydrogens is 248 g/mol. The standard InChI is InChI=1S/C13H18N2O4/c1-9-7-10(5-6-19-9)14-12-8-11(15(16)17)3-4-13(12)18-2/h3-4,8-10,14H,5-7H2,1-2H3. The van der Waals surface area contributed by atoms with Crippen molar-refractivity contribution in [2.24, 2.45) is 0 Å². The fourth-order valence-electron chi connectivity index (χ4n) is 2.27. The normalized spacial score (nSPS) is 22.8. The van der Waals surface area contributed by atoms with Crippen LogP contribution >= 0.6 is 0 Å². The van der Waals surface area contributed by atoms with Gasteiger partial charge in [0.1, 0.15) is 5.75 Å². The van der Waals surface area contributed by atoms with Gasteiger partial charge in [-0.2, -0.15) is 0 Å². The predicted molar refractivity (Wildman–Crippen MR) is 71.7 cm³/mol. The molecule has 1 heterocycles. The van der Waals surface area contributed by atoms with E-state index in [0.29, 0.717) is 18.0 Å². The lowest BCUT2D eigenvalue weighted by Gasteiger charge is -2.29. The number of non-ortho nitro benzene ring substituents is 1. The van der Waals surface area contributed by atoms with E-state index in [2.05, 4.69) is 5.32 Å². The smallest absolute Gasteiger partial charge is 0.271 e. The second-order valence-electron chi connectivity index (χ2n) is 4.69. The lowest BCUT2D eigenvalue weighted by Crippen LogP contribution is -2.32. The third-order valence-corrected chi connectivity index (χ3v) is 3.24. The summed E-state index contributed by atoms with van der Waals surface area (Å²) in [4.78, 5) is 10.4. The molecule has 1 saturated heterocycles. The summed E-state index contributed by atoms with van der Waals surface area (Å²) in [5.74, 6) is 0.616. The molecule has 6 heteroatoms. The van der Waals surface area contributed by atoms with Gasteiger partial charge in [-0.1, -0.05) is 0 Å². The van der Waals surface area contributed by atoms with Crippen LogP contribution in [0, 0.1) is 10.1 Å². The van der Waals surface area contributed by atoms with Gasteiger partial charge in [0.2, 0.25) is 0 Å². The van der Waals surface area contributed by atoms with E-state index in [1.807, 2.05) is 6.92 Å². The molecule has 6 nitrogen and oxygen atoms in total. The van der Waals surface area contributed by atoms with Gasteiger partial charge < -0.3 is 14.8 Å². The van der Waals surface area contributed by atoms with Gasteiger partial charge in [0.05, 0.1) is 23.8 Å². The van der Waals surface area contributed by atoms with Crippen LogP contribution in [0.15, 0.2) is 18.2 Å². The van der Waals surface area contributed by atoms with Gasteiger partial charge in [-0.15, -0.1) is 0 Å². The van der Waals surface area contributed by atoms with Crippen molar-refractivity contribution in [2.45, 2.75) is 31.9 Å². The quantitative estimate of drug-likeness (QED) is 0.669. The Morgan fingerprint density at radius 1 is 1.53 bits per heavy atom. The molecule has 1 aliphatic heterocycles. The molecule has 1 aliphatic rings. The van der Waals surface area contributed by atoms with Gasteiger partial charge in [0.15, 0.2) is 0 Å². The summed E-state index contributed by atoms with van der Waals surface area (Å²) in [5, 5.41) is 14.1. The molecule has 1 N–H and O–H groups in total. The minimum atomic E-state index is -0.406. The Balaban J connectivity index is 2.17. The highest BCUT2D eigenvalue weighted by atomic mass is 16.6. The molecule has 2 atom stereocenters. The minimum absolute atomic E-state index is 0.0587. The first-order valence-corrected chi connectivity index (χ1v) is 6.30. The first kappa shape index (κ1) is 13.6. The molecule has 0 radical (unpaired) electrons. The maximum atomic E-state index is 10.8. The number of nitro benzene ring substituents is 1. The highest BCUT2D eigenvalue weighted by Crippen LogP contribution is 2.31. The van der Waals surface area contributed by atoms with Gasteiger partial charge in [0, 0.05) is 24.8 Å². The molecule has 0 spiro atoms. The lowest BCUT2D eigenvalue weighted by molar-refractivity contribution is -0.384. The summed E-state index contributed by atoms with van der Waals surface area (Å²) < 4.78 is 10.7. The molecule has 0 saturated carbocycles. The van der Waals surface area contributed by atoms with Crippen molar-refractivity contribution < 1.29 is 14.4 Å². The average Bonchev–Trinajstić information content (AvgIpc) is 2.38. The van der Waals surface area contributed by atoms with E-state index in [1.54, 1.807) is 13.2 Å². The molecule has 0 amide bonds. The first-order chi connectivity index (χ1) is 9.10. The molecule has 1 fully saturated rings. The fourth-order valence-corrected chi connectivity index (χ4v) is 2.27. The topological polar surface area (TPSA) is 73.6 Å². The van der Waals surface area contributed by atoms with E-state index in [4.69, 9.17) is 9.47 Å². The number of hydrogen-bond acceptors (Lipinski definition) is 5. The Hall–Kier alpha value is -1.82. The van der Waals surface area contributed by atoms with Crippen molar-refractivity contribution in [2.75, 3.05) is 19.0 Å². The number of nitrogens with one attached hydrogen (secondary N) is 1. The zero-order valence-corrected chi connectivity index (χ0v) is 11.1. The molecule has 104 valence electrons. The number of methoxy groups -OCH3 is 1. The number of nitrogens with zero attached hydrogens (tertiary/aromatic N) is 1. The third kappa shape index (κ3) is 3.35. The first-order valence-electron chi connectivity index (χ1n) is 6.30. The van der Waals surface area contributed by atoms with Crippen molar-refractivity contribution in [1.82, 2.24) is 0 Å². The van der Waals surface area contributed by atoms with Crippen LogP contribution in [0.5, 0.6) is 5.75 Å². The number of benzene rings is 1. The molecule has 0 aliphatic carbocycles. The summed E-state index contributed by atoms with van der Waals surface area (Å²) >= 11 is 0. The maximum absolute atomic E-state index is 10.8. The van der Waals surface area contributed by atoms with Crippen LogP contribution in [0.4, 0.5) is 11.4 Å². The highest BCUT2D eigenvalue weighted by molar-refractivity contribution is 5.62. The zero-order chi connectivity index (χ0) is 13.8. The largest absolute Gasteiger partial charge is 0.495 e. The summed E-state index contributed by atoms with van der Waals surface area (Å²) in [7, 11) is 1.55. The predicted octanol–water partition coefficient (Wildman–Crippen LogP) is 2.58. The number of anilines is 1. The van der Waals surface area contributed by atoms with Crippen LogP contribution in [0.1, 0.15) is 19.8 Å². The van der Waals surface area contributed by atoms with Crippen molar-refractivity contribution in [3.8, 4) is 5.75 Å². The van der Waals surface area contributed by atoms with Gasteiger partial charge in [-0.25, -0.2) is 0 Å². The van der Waals surface area contributed by atoms with Crippen molar-refractivity contribution >= 4 is 11.4 Å². The minimum Gasteiger partial charge on any atom is -0.495 e. The fraction of sp³-hybridized carbons (Fsp3) is 0.538. The Bertz CT molecular complexity index is 464. The molecule has 19 heavy (non-hydrogen) atoms. The van der Waals surface area contributed by atoms with Crippen LogP contribution in [0.25, 0.3) is 0 Å². The summed E-state index contributed by atoms with van der Waals surface area (Å²) in [6, 6.07) is 4.82.